The first-order valence-corrected chi connectivity index (χ1v) is 7.49. The summed E-state index contributed by atoms with van der Waals surface area (Å²) in [5.74, 6) is 0. The van der Waals surface area contributed by atoms with Crippen molar-refractivity contribution in [2.45, 2.75) is 12.7 Å². The van der Waals surface area contributed by atoms with Crippen LogP contribution in [0.4, 0.5) is 0 Å². The van der Waals surface area contributed by atoms with Gasteiger partial charge in [-0.15, -0.1) is 0 Å². The first kappa shape index (κ1) is 12.8. The Hall–Kier alpha value is -0.620. The molecule has 1 saturated heterocycles. The molecule has 1 aliphatic rings. The number of rotatable bonds is 4. The van der Waals surface area contributed by atoms with Crippen LogP contribution >= 0.6 is 11.6 Å². The van der Waals surface area contributed by atoms with E-state index in [0.29, 0.717) is 24.7 Å². The summed E-state index contributed by atoms with van der Waals surface area (Å²) in [6.45, 7) is 1.39. The largest absolute Gasteiger partial charge is 0.371 e. The van der Waals surface area contributed by atoms with Crippen LogP contribution in [-0.2, 0) is 21.4 Å². The third-order valence-electron chi connectivity index (χ3n) is 2.68. The zero-order valence-corrected chi connectivity index (χ0v) is 11.0. The maximum absolute atomic E-state index is 11.1. The van der Waals surface area contributed by atoms with Crippen molar-refractivity contribution in [3.8, 4) is 0 Å². The van der Waals surface area contributed by atoms with Gasteiger partial charge in [0.15, 0.2) is 0 Å². The fraction of sp³-hybridized carbons (Fsp3) is 0.455. The van der Waals surface area contributed by atoms with Crippen LogP contribution < -0.4 is 0 Å². The van der Waals surface area contributed by atoms with Crippen molar-refractivity contribution in [3.63, 3.8) is 0 Å². The molecule has 0 N–H and O–H groups in total. The van der Waals surface area contributed by atoms with Gasteiger partial charge >= 0.3 is 0 Å². The number of hydrogen-bond acceptors (Lipinski definition) is 3. The number of nitrogens with zero attached hydrogens (tertiary/aromatic N) is 1. The van der Waals surface area contributed by atoms with E-state index in [9.17, 15) is 8.42 Å². The molecule has 1 aromatic rings. The number of ether oxygens (including phenoxy) is 1. The monoisotopic (exact) mass is 275 g/mol. The van der Waals surface area contributed by atoms with Crippen LogP contribution in [0.1, 0.15) is 5.56 Å². The summed E-state index contributed by atoms with van der Waals surface area (Å²) in [5, 5.41) is 0.695. The quantitative estimate of drug-likeness (QED) is 0.837. The van der Waals surface area contributed by atoms with Gasteiger partial charge in [0.05, 0.1) is 19.0 Å². The van der Waals surface area contributed by atoms with Gasteiger partial charge < -0.3 is 4.74 Å². The number of benzene rings is 1. The molecule has 1 aromatic carbocycles. The highest BCUT2D eigenvalue weighted by molar-refractivity contribution is 7.88. The summed E-state index contributed by atoms with van der Waals surface area (Å²) >= 11 is 5.77. The van der Waals surface area contributed by atoms with Gasteiger partial charge in [-0.1, -0.05) is 23.7 Å². The summed E-state index contributed by atoms with van der Waals surface area (Å²) in [6, 6.07) is 7.41. The summed E-state index contributed by atoms with van der Waals surface area (Å²) in [7, 11) is -3.05. The Morgan fingerprint density at radius 3 is 2.47 bits per heavy atom. The van der Waals surface area contributed by atoms with Crippen molar-refractivity contribution in [2.75, 3.05) is 19.3 Å². The van der Waals surface area contributed by atoms with E-state index >= 15 is 0 Å². The second-order valence-corrected chi connectivity index (χ2v) is 6.56. The Labute approximate surface area is 106 Å². The minimum atomic E-state index is -3.05. The van der Waals surface area contributed by atoms with Crippen molar-refractivity contribution < 1.29 is 13.2 Å². The van der Waals surface area contributed by atoms with Gasteiger partial charge in [0.1, 0.15) is 0 Å². The van der Waals surface area contributed by atoms with Crippen molar-refractivity contribution in [2.24, 2.45) is 0 Å². The van der Waals surface area contributed by atoms with Crippen molar-refractivity contribution in [1.29, 1.82) is 0 Å². The summed E-state index contributed by atoms with van der Waals surface area (Å²) in [5.41, 5.74) is 1.03. The van der Waals surface area contributed by atoms with Crippen LogP contribution in [0.3, 0.4) is 0 Å². The fourth-order valence-corrected chi connectivity index (χ4v) is 2.57. The van der Waals surface area contributed by atoms with E-state index in [1.54, 1.807) is 0 Å². The lowest BCUT2D eigenvalue weighted by molar-refractivity contribution is -0.0293. The van der Waals surface area contributed by atoms with E-state index in [1.165, 1.54) is 10.6 Å². The van der Waals surface area contributed by atoms with Crippen LogP contribution in [0.15, 0.2) is 24.3 Å². The zero-order valence-electron chi connectivity index (χ0n) is 9.47. The molecule has 1 aliphatic heterocycles. The van der Waals surface area contributed by atoms with Crippen LogP contribution in [0.2, 0.25) is 5.02 Å². The molecule has 1 fully saturated rings. The van der Waals surface area contributed by atoms with E-state index in [0.717, 1.165) is 5.56 Å². The van der Waals surface area contributed by atoms with Gasteiger partial charge in [0.25, 0.3) is 0 Å². The second-order valence-electron chi connectivity index (χ2n) is 4.14. The lowest BCUT2D eigenvalue weighted by Gasteiger charge is -2.36. The molecule has 0 amide bonds. The predicted molar refractivity (Wildman–Crippen MR) is 66.4 cm³/mol. The van der Waals surface area contributed by atoms with Gasteiger partial charge in [-0.3, -0.25) is 0 Å². The van der Waals surface area contributed by atoms with Crippen molar-refractivity contribution in [1.82, 2.24) is 4.31 Å². The van der Waals surface area contributed by atoms with Gasteiger partial charge in [-0.2, -0.15) is 4.31 Å². The third kappa shape index (κ3) is 3.42. The van der Waals surface area contributed by atoms with Crippen molar-refractivity contribution >= 4 is 21.6 Å². The molecular formula is C11H14ClNO3S. The Morgan fingerprint density at radius 1 is 1.35 bits per heavy atom. The molecule has 0 aromatic heterocycles. The number of halogens is 1. The maximum Gasteiger partial charge on any atom is 0.211 e. The zero-order chi connectivity index (χ0) is 12.5. The third-order valence-corrected chi connectivity index (χ3v) is 4.17. The molecule has 6 heteroatoms. The van der Waals surface area contributed by atoms with Gasteiger partial charge in [-0.05, 0) is 17.7 Å². The number of hydrogen-bond donors (Lipinski definition) is 0. The van der Waals surface area contributed by atoms with Gasteiger partial charge in [0, 0.05) is 18.1 Å². The lowest BCUT2D eigenvalue weighted by atomic mass is 10.2. The van der Waals surface area contributed by atoms with Crippen LogP contribution in [0, 0.1) is 0 Å². The highest BCUT2D eigenvalue weighted by atomic mass is 35.5. The van der Waals surface area contributed by atoms with Gasteiger partial charge in [0.2, 0.25) is 10.0 Å². The standard InChI is InChI=1S/C11H14ClNO3S/c1-17(14,15)13-6-11(7-13)16-8-9-2-4-10(12)5-3-9/h2-5,11H,6-8H2,1H3. The van der Waals surface area contributed by atoms with E-state index in [4.69, 9.17) is 16.3 Å². The van der Waals surface area contributed by atoms with Crippen LogP contribution in [0.5, 0.6) is 0 Å². The summed E-state index contributed by atoms with van der Waals surface area (Å²) in [4.78, 5) is 0. The van der Waals surface area contributed by atoms with Crippen LogP contribution in [0.25, 0.3) is 0 Å². The van der Waals surface area contributed by atoms with Gasteiger partial charge in [-0.25, -0.2) is 8.42 Å². The normalized spacial score (nSPS) is 18.0. The Morgan fingerprint density at radius 2 is 1.94 bits per heavy atom. The van der Waals surface area contributed by atoms with Crippen LogP contribution in [-0.4, -0.2) is 38.2 Å². The number of sulfonamides is 1. The minimum Gasteiger partial charge on any atom is -0.371 e. The minimum absolute atomic E-state index is 0.000373. The lowest BCUT2D eigenvalue weighted by Crippen LogP contribution is -2.54. The average molecular weight is 276 g/mol. The van der Waals surface area contributed by atoms with E-state index in [1.807, 2.05) is 24.3 Å². The molecule has 94 valence electrons. The highest BCUT2D eigenvalue weighted by Gasteiger charge is 2.33. The molecule has 0 unspecified atom stereocenters. The molecule has 0 bridgehead atoms. The molecule has 2 rings (SSSR count). The Balaban J connectivity index is 1.77. The molecule has 0 aliphatic carbocycles. The molecule has 4 nitrogen and oxygen atoms in total. The summed E-state index contributed by atoms with van der Waals surface area (Å²) in [6.07, 6.45) is 1.21. The molecule has 0 radical (unpaired) electrons. The van der Waals surface area contributed by atoms with E-state index in [2.05, 4.69) is 0 Å². The fourth-order valence-electron chi connectivity index (χ4n) is 1.57. The maximum atomic E-state index is 11.1. The average Bonchev–Trinajstić information content (AvgIpc) is 2.16. The molecule has 17 heavy (non-hydrogen) atoms. The summed E-state index contributed by atoms with van der Waals surface area (Å²) < 4.78 is 29.2. The van der Waals surface area contributed by atoms with E-state index < -0.39 is 10.0 Å². The molecular weight excluding hydrogens is 262 g/mol. The Kier molecular flexibility index (Phi) is 3.73. The second kappa shape index (κ2) is 4.94. The molecule has 0 atom stereocenters. The highest BCUT2D eigenvalue weighted by Crippen LogP contribution is 2.17. The smallest absolute Gasteiger partial charge is 0.211 e. The first-order valence-electron chi connectivity index (χ1n) is 5.26. The predicted octanol–water partition coefficient (Wildman–Crippen LogP) is 1.50. The first-order chi connectivity index (χ1) is 7.95. The van der Waals surface area contributed by atoms with Crippen molar-refractivity contribution in [3.05, 3.63) is 34.9 Å². The van der Waals surface area contributed by atoms with E-state index in [-0.39, 0.29) is 6.10 Å². The molecule has 0 saturated carbocycles. The SMILES string of the molecule is CS(=O)(=O)N1CC(OCc2ccc(Cl)cc2)C1. The topological polar surface area (TPSA) is 46.6 Å². The molecule has 1 heterocycles. The Bertz CT molecular complexity index is 480. The molecule has 0 spiro atoms.